The van der Waals surface area contributed by atoms with Gasteiger partial charge in [-0.2, -0.15) is 0 Å². The van der Waals surface area contributed by atoms with Gasteiger partial charge in [-0.1, -0.05) is 25.0 Å². The van der Waals surface area contributed by atoms with Gasteiger partial charge in [-0.05, 0) is 25.0 Å². The number of nitrogens with zero attached hydrogens (tertiary/aromatic N) is 1. The Kier molecular flexibility index (Phi) is 3.01. The lowest BCUT2D eigenvalue weighted by molar-refractivity contribution is -0.122. The van der Waals surface area contributed by atoms with Crippen LogP contribution in [0, 0.1) is 11.8 Å². The SMILES string of the molecule is COc1ccccc1N1C(=O)[C@@H]2CCCC[C@H]2C1=O. The van der Waals surface area contributed by atoms with Crippen molar-refractivity contribution >= 4 is 17.5 Å². The van der Waals surface area contributed by atoms with Crippen LogP contribution in [-0.4, -0.2) is 18.9 Å². The maximum absolute atomic E-state index is 12.5. The predicted molar refractivity (Wildman–Crippen MR) is 70.9 cm³/mol. The second-order valence-corrected chi connectivity index (χ2v) is 5.18. The lowest BCUT2D eigenvalue weighted by Gasteiger charge is -2.19. The fourth-order valence-corrected chi connectivity index (χ4v) is 3.21. The molecule has 19 heavy (non-hydrogen) atoms. The van der Waals surface area contributed by atoms with Gasteiger partial charge in [0.05, 0.1) is 24.6 Å². The summed E-state index contributed by atoms with van der Waals surface area (Å²) in [5.74, 6) is 0.221. The fourth-order valence-electron chi connectivity index (χ4n) is 3.21. The molecule has 4 nitrogen and oxygen atoms in total. The smallest absolute Gasteiger partial charge is 0.237 e. The quantitative estimate of drug-likeness (QED) is 0.766. The van der Waals surface area contributed by atoms with Crippen LogP contribution in [0.1, 0.15) is 25.7 Å². The number of benzene rings is 1. The molecule has 1 aliphatic heterocycles. The zero-order valence-corrected chi connectivity index (χ0v) is 11.0. The van der Waals surface area contributed by atoms with Gasteiger partial charge in [0.15, 0.2) is 0 Å². The Bertz CT molecular complexity index is 502. The van der Waals surface area contributed by atoms with E-state index in [1.807, 2.05) is 12.1 Å². The highest BCUT2D eigenvalue weighted by molar-refractivity contribution is 6.22. The number of ether oxygens (including phenoxy) is 1. The number of carbonyl (C=O) groups is 2. The maximum atomic E-state index is 12.5. The van der Waals surface area contributed by atoms with Gasteiger partial charge in [0.25, 0.3) is 0 Å². The molecular formula is C15H17NO3. The molecule has 1 aromatic carbocycles. The predicted octanol–water partition coefficient (Wildman–Crippen LogP) is 2.37. The number of anilines is 1. The first-order chi connectivity index (χ1) is 9.24. The monoisotopic (exact) mass is 259 g/mol. The van der Waals surface area contributed by atoms with Crippen LogP contribution in [0.15, 0.2) is 24.3 Å². The van der Waals surface area contributed by atoms with E-state index in [1.165, 1.54) is 4.90 Å². The molecule has 1 saturated heterocycles. The van der Waals surface area contributed by atoms with Gasteiger partial charge < -0.3 is 4.74 Å². The summed E-state index contributed by atoms with van der Waals surface area (Å²) in [6.07, 6.45) is 3.75. The van der Waals surface area contributed by atoms with E-state index in [4.69, 9.17) is 4.74 Å². The van der Waals surface area contributed by atoms with Crippen molar-refractivity contribution in [2.45, 2.75) is 25.7 Å². The van der Waals surface area contributed by atoms with Gasteiger partial charge in [-0.25, -0.2) is 4.90 Å². The fraction of sp³-hybridized carbons (Fsp3) is 0.467. The van der Waals surface area contributed by atoms with E-state index in [0.717, 1.165) is 25.7 Å². The third-order valence-corrected chi connectivity index (χ3v) is 4.17. The minimum absolute atomic E-state index is 0.0563. The van der Waals surface area contributed by atoms with Gasteiger partial charge in [0, 0.05) is 0 Å². The molecule has 0 N–H and O–H groups in total. The van der Waals surface area contributed by atoms with E-state index in [2.05, 4.69) is 0 Å². The topological polar surface area (TPSA) is 46.6 Å². The Hall–Kier alpha value is -1.84. The zero-order chi connectivity index (χ0) is 13.4. The molecule has 1 aromatic rings. The molecule has 100 valence electrons. The van der Waals surface area contributed by atoms with Crippen molar-refractivity contribution in [3.05, 3.63) is 24.3 Å². The van der Waals surface area contributed by atoms with Crippen LogP contribution in [0.5, 0.6) is 5.75 Å². The Labute approximate surface area is 112 Å². The Morgan fingerprint density at radius 3 is 2.21 bits per heavy atom. The van der Waals surface area contributed by atoms with Crippen molar-refractivity contribution in [3.63, 3.8) is 0 Å². The van der Waals surface area contributed by atoms with Gasteiger partial charge in [-0.15, -0.1) is 0 Å². The number of carbonyl (C=O) groups excluding carboxylic acids is 2. The minimum Gasteiger partial charge on any atom is -0.495 e. The normalized spacial score (nSPS) is 26.5. The Morgan fingerprint density at radius 1 is 1.05 bits per heavy atom. The van der Waals surface area contributed by atoms with Gasteiger partial charge in [0.2, 0.25) is 11.8 Å². The third-order valence-electron chi connectivity index (χ3n) is 4.17. The largest absolute Gasteiger partial charge is 0.495 e. The van der Waals surface area contributed by atoms with Crippen LogP contribution < -0.4 is 9.64 Å². The lowest BCUT2D eigenvalue weighted by Crippen LogP contribution is -2.31. The molecule has 0 bridgehead atoms. The lowest BCUT2D eigenvalue weighted by atomic mass is 9.81. The molecule has 2 fully saturated rings. The molecule has 3 rings (SSSR count). The number of hydrogen-bond donors (Lipinski definition) is 0. The summed E-state index contributed by atoms with van der Waals surface area (Å²) in [5, 5.41) is 0. The number of para-hydroxylation sites is 2. The van der Waals surface area contributed by atoms with E-state index in [0.29, 0.717) is 11.4 Å². The number of amides is 2. The van der Waals surface area contributed by atoms with Crippen LogP contribution in [0.3, 0.4) is 0 Å². The van der Waals surface area contributed by atoms with Crippen molar-refractivity contribution in [3.8, 4) is 5.75 Å². The first-order valence-corrected chi connectivity index (χ1v) is 6.75. The third kappa shape index (κ3) is 1.82. The van der Waals surface area contributed by atoms with Crippen LogP contribution in [0.25, 0.3) is 0 Å². The average Bonchev–Trinajstić information content (AvgIpc) is 2.71. The zero-order valence-electron chi connectivity index (χ0n) is 11.0. The molecule has 0 aromatic heterocycles. The highest BCUT2D eigenvalue weighted by Gasteiger charge is 2.49. The van der Waals surface area contributed by atoms with Crippen LogP contribution in [0.2, 0.25) is 0 Å². The first-order valence-electron chi connectivity index (χ1n) is 6.75. The number of methoxy groups -OCH3 is 1. The minimum atomic E-state index is -0.119. The first kappa shape index (κ1) is 12.2. The molecule has 0 spiro atoms. The molecule has 0 unspecified atom stereocenters. The van der Waals surface area contributed by atoms with Crippen molar-refractivity contribution in [2.75, 3.05) is 12.0 Å². The molecule has 2 amide bonds. The molecule has 1 aliphatic carbocycles. The maximum Gasteiger partial charge on any atom is 0.237 e. The summed E-state index contributed by atoms with van der Waals surface area (Å²) in [5.41, 5.74) is 0.578. The van der Waals surface area contributed by atoms with E-state index in [9.17, 15) is 9.59 Å². The molecular weight excluding hydrogens is 242 g/mol. The highest BCUT2D eigenvalue weighted by atomic mass is 16.5. The second-order valence-electron chi connectivity index (χ2n) is 5.18. The molecule has 1 saturated carbocycles. The number of hydrogen-bond acceptors (Lipinski definition) is 3. The summed E-state index contributed by atoms with van der Waals surface area (Å²) in [6, 6.07) is 7.20. The van der Waals surface area contributed by atoms with Gasteiger partial charge in [-0.3, -0.25) is 9.59 Å². The molecule has 2 atom stereocenters. The Balaban J connectivity index is 2.00. The van der Waals surface area contributed by atoms with E-state index in [1.54, 1.807) is 19.2 Å². The summed E-state index contributed by atoms with van der Waals surface area (Å²) in [6.45, 7) is 0. The van der Waals surface area contributed by atoms with Gasteiger partial charge in [0.1, 0.15) is 5.75 Å². The van der Waals surface area contributed by atoms with Crippen LogP contribution in [0.4, 0.5) is 5.69 Å². The van der Waals surface area contributed by atoms with Crippen molar-refractivity contribution < 1.29 is 14.3 Å². The summed E-state index contributed by atoms with van der Waals surface area (Å²) < 4.78 is 5.26. The van der Waals surface area contributed by atoms with Gasteiger partial charge >= 0.3 is 0 Å². The van der Waals surface area contributed by atoms with Crippen molar-refractivity contribution in [1.82, 2.24) is 0 Å². The van der Waals surface area contributed by atoms with E-state index < -0.39 is 0 Å². The number of rotatable bonds is 2. The summed E-state index contributed by atoms with van der Waals surface area (Å²) >= 11 is 0. The average molecular weight is 259 g/mol. The van der Waals surface area contributed by atoms with E-state index in [-0.39, 0.29) is 23.7 Å². The highest BCUT2D eigenvalue weighted by Crippen LogP contribution is 2.42. The van der Waals surface area contributed by atoms with Crippen molar-refractivity contribution in [1.29, 1.82) is 0 Å². The Morgan fingerprint density at radius 2 is 1.63 bits per heavy atom. The molecule has 0 radical (unpaired) electrons. The standard InChI is InChI=1S/C15H17NO3/c1-19-13-9-5-4-8-12(13)16-14(17)10-6-2-3-7-11(10)15(16)18/h4-5,8-11H,2-3,6-7H2,1H3/t10-,11-/m1/s1. The van der Waals surface area contributed by atoms with Crippen molar-refractivity contribution in [2.24, 2.45) is 11.8 Å². The van der Waals surface area contributed by atoms with E-state index >= 15 is 0 Å². The molecule has 1 heterocycles. The molecule has 4 heteroatoms. The molecule has 2 aliphatic rings. The summed E-state index contributed by atoms with van der Waals surface area (Å²) in [4.78, 5) is 26.3. The number of imide groups is 1. The summed E-state index contributed by atoms with van der Waals surface area (Å²) in [7, 11) is 1.55. The van der Waals surface area contributed by atoms with Crippen LogP contribution >= 0.6 is 0 Å². The second kappa shape index (κ2) is 4.68. The number of fused-ring (bicyclic) bond motifs is 1. The van der Waals surface area contributed by atoms with Crippen LogP contribution in [-0.2, 0) is 9.59 Å².